The van der Waals surface area contributed by atoms with Gasteiger partial charge < -0.3 is 14.6 Å². The number of benzene rings is 3. The first-order chi connectivity index (χ1) is 20.2. The van der Waals surface area contributed by atoms with Crippen LogP contribution in [0.2, 0.25) is 0 Å². The third-order valence-electron chi connectivity index (χ3n) is 7.19. The van der Waals surface area contributed by atoms with Gasteiger partial charge in [-0.2, -0.15) is 9.78 Å². The van der Waals surface area contributed by atoms with Crippen molar-refractivity contribution in [3.8, 4) is 11.4 Å². The number of ether oxygens (including phenoxy) is 1. The number of aromatic nitrogens is 3. The van der Waals surface area contributed by atoms with E-state index in [2.05, 4.69) is 37.8 Å². The Kier molecular flexibility index (Phi) is 8.68. The Labute approximate surface area is 252 Å². The summed E-state index contributed by atoms with van der Waals surface area (Å²) in [6.45, 7) is 8.07. The molecular weight excluding hydrogens is 594 g/mol. The highest BCUT2D eigenvalue weighted by atomic mass is 79.9. The second kappa shape index (κ2) is 12.6. The lowest BCUT2D eigenvalue weighted by Crippen LogP contribution is -2.23. The van der Waals surface area contributed by atoms with Crippen LogP contribution in [0, 0.1) is 13.8 Å². The zero-order valence-corrected chi connectivity index (χ0v) is 25.6. The second-order valence-electron chi connectivity index (χ2n) is 10.2. The first-order valence-electron chi connectivity index (χ1n) is 13.8. The molecule has 8 nitrogen and oxygen atoms in total. The van der Waals surface area contributed by atoms with Crippen molar-refractivity contribution >= 4 is 44.6 Å². The molecule has 0 saturated heterocycles. The lowest BCUT2D eigenvalue weighted by Gasteiger charge is -2.14. The molecule has 2 aromatic heterocycles. The third-order valence-corrected chi connectivity index (χ3v) is 7.68. The fourth-order valence-corrected chi connectivity index (χ4v) is 5.13. The van der Waals surface area contributed by atoms with Gasteiger partial charge in [-0.05, 0) is 80.9 Å². The quantitative estimate of drug-likeness (QED) is 0.179. The normalized spacial score (nSPS) is 12.1. The van der Waals surface area contributed by atoms with Gasteiger partial charge >= 0.3 is 0 Å². The van der Waals surface area contributed by atoms with Crippen molar-refractivity contribution in [2.75, 3.05) is 11.9 Å². The van der Waals surface area contributed by atoms with Crippen LogP contribution in [0.1, 0.15) is 49.0 Å². The summed E-state index contributed by atoms with van der Waals surface area (Å²) in [5, 5.41) is 7.97. The van der Waals surface area contributed by atoms with Gasteiger partial charge in [0, 0.05) is 38.7 Å². The first kappa shape index (κ1) is 29.0. The van der Waals surface area contributed by atoms with Crippen LogP contribution in [0.3, 0.4) is 0 Å². The third kappa shape index (κ3) is 6.21. The fraction of sp³-hybridized carbons (Fsp3) is 0.212. The minimum atomic E-state index is -0.226. The first-order valence-corrected chi connectivity index (χ1v) is 14.6. The van der Waals surface area contributed by atoms with Crippen molar-refractivity contribution in [2.24, 2.45) is 5.10 Å². The van der Waals surface area contributed by atoms with E-state index in [0.717, 1.165) is 39.2 Å². The molecular formula is C33H32BrN5O3. The summed E-state index contributed by atoms with van der Waals surface area (Å²) in [7, 11) is 0. The van der Waals surface area contributed by atoms with Crippen LogP contribution >= 0.6 is 15.9 Å². The highest BCUT2D eigenvalue weighted by Gasteiger charge is 2.16. The number of anilines is 1. The van der Waals surface area contributed by atoms with Gasteiger partial charge in [0.05, 0.1) is 17.1 Å². The van der Waals surface area contributed by atoms with Crippen molar-refractivity contribution in [3.63, 3.8) is 0 Å². The molecule has 0 fully saturated rings. The average Bonchev–Trinajstić information content (AvgIpc) is 3.28. The number of hydrogen-bond acceptors (Lipinski definition) is 5. The number of halogens is 1. The van der Waals surface area contributed by atoms with E-state index in [1.165, 1.54) is 4.68 Å². The van der Waals surface area contributed by atoms with Crippen LogP contribution < -0.4 is 15.6 Å². The summed E-state index contributed by atoms with van der Waals surface area (Å²) in [5.74, 6) is 1.06. The van der Waals surface area contributed by atoms with Crippen molar-refractivity contribution in [3.05, 3.63) is 116 Å². The van der Waals surface area contributed by atoms with Crippen LogP contribution in [0.5, 0.6) is 5.75 Å². The van der Waals surface area contributed by atoms with E-state index < -0.39 is 0 Å². The molecule has 0 radical (unpaired) electrons. The Hall–Kier alpha value is -4.50. The molecule has 5 rings (SSSR count). The molecule has 9 heteroatoms. The Morgan fingerprint density at radius 3 is 2.52 bits per heavy atom. The van der Waals surface area contributed by atoms with E-state index in [1.807, 2.05) is 93.6 Å². The highest BCUT2D eigenvalue weighted by Crippen LogP contribution is 2.24. The molecule has 1 atom stereocenters. The Balaban J connectivity index is 1.37. The van der Waals surface area contributed by atoms with E-state index in [0.29, 0.717) is 22.5 Å². The average molecular weight is 627 g/mol. The number of para-hydroxylation sites is 1. The number of hydrogen-bond donors (Lipinski definition) is 1. The van der Waals surface area contributed by atoms with E-state index in [-0.39, 0.29) is 24.0 Å². The molecule has 42 heavy (non-hydrogen) atoms. The van der Waals surface area contributed by atoms with Gasteiger partial charge in [-0.15, -0.1) is 0 Å². The summed E-state index contributed by atoms with van der Waals surface area (Å²) >= 11 is 3.46. The molecule has 0 aliphatic heterocycles. The fourth-order valence-electron chi connectivity index (χ4n) is 4.77. The molecule has 1 N–H and O–H groups in total. The van der Waals surface area contributed by atoms with Crippen LogP contribution in [-0.2, 0) is 4.79 Å². The van der Waals surface area contributed by atoms with E-state index >= 15 is 0 Å². The number of nitrogens with one attached hydrogen (secondary N) is 1. The number of carbonyl (C=O) groups is 1. The van der Waals surface area contributed by atoms with E-state index in [4.69, 9.17) is 9.72 Å². The number of carbonyl (C=O) groups excluding carboxylic acids is 1. The minimum Gasteiger partial charge on any atom is -0.484 e. The van der Waals surface area contributed by atoms with Gasteiger partial charge in [-0.1, -0.05) is 48.0 Å². The van der Waals surface area contributed by atoms with Gasteiger partial charge in [-0.3, -0.25) is 9.59 Å². The molecule has 0 saturated carbocycles. The van der Waals surface area contributed by atoms with Crippen molar-refractivity contribution in [2.45, 2.75) is 40.0 Å². The van der Waals surface area contributed by atoms with Crippen LogP contribution in [0.4, 0.5) is 5.69 Å². The summed E-state index contributed by atoms with van der Waals surface area (Å²) < 4.78 is 10.0. The smallest absolute Gasteiger partial charge is 0.282 e. The number of fused-ring (bicyclic) bond motifs is 1. The summed E-state index contributed by atoms with van der Waals surface area (Å²) in [6.07, 6.45) is 2.55. The van der Waals surface area contributed by atoms with Gasteiger partial charge in [-0.25, -0.2) is 4.98 Å². The van der Waals surface area contributed by atoms with E-state index in [1.54, 1.807) is 12.3 Å². The SMILES string of the molecule is CC[C@H](C)c1nc2ccc(Br)cc2c(=O)n1N=Cc1cc(C)n(-c2ccc(OCC(=O)Nc3ccccc3)cc2)c1C. The van der Waals surface area contributed by atoms with Crippen LogP contribution in [-0.4, -0.2) is 33.0 Å². The highest BCUT2D eigenvalue weighted by molar-refractivity contribution is 9.10. The number of amides is 1. The predicted octanol–water partition coefficient (Wildman–Crippen LogP) is 6.98. The number of rotatable bonds is 9. The molecule has 0 aliphatic carbocycles. The van der Waals surface area contributed by atoms with Crippen molar-refractivity contribution < 1.29 is 9.53 Å². The van der Waals surface area contributed by atoms with Gasteiger partial charge in [0.1, 0.15) is 11.6 Å². The number of aryl methyl sites for hydroxylation is 1. The molecule has 1 amide bonds. The zero-order valence-electron chi connectivity index (χ0n) is 24.0. The Morgan fingerprint density at radius 2 is 1.81 bits per heavy atom. The lowest BCUT2D eigenvalue weighted by atomic mass is 10.1. The minimum absolute atomic E-state index is 0.0560. The van der Waals surface area contributed by atoms with Crippen LogP contribution in [0.25, 0.3) is 16.6 Å². The molecule has 0 aliphatic rings. The van der Waals surface area contributed by atoms with Gasteiger partial charge in [0.25, 0.3) is 11.5 Å². The topological polar surface area (TPSA) is 90.5 Å². The molecule has 5 aromatic rings. The molecule has 0 unspecified atom stereocenters. The molecule has 2 heterocycles. The molecule has 0 spiro atoms. The summed E-state index contributed by atoms with van der Waals surface area (Å²) in [5.41, 5.74) is 5.01. The maximum Gasteiger partial charge on any atom is 0.282 e. The Morgan fingerprint density at radius 1 is 1.07 bits per heavy atom. The zero-order chi connectivity index (χ0) is 29.8. The van der Waals surface area contributed by atoms with E-state index in [9.17, 15) is 9.59 Å². The maximum atomic E-state index is 13.5. The van der Waals surface area contributed by atoms with Crippen LogP contribution in [0.15, 0.2) is 93.2 Å². The largest absolute Gasteiger partial charge is 0.484 e. The Bertz CT molecular complexity index is 1830. The van der Waals surface area contributed by atoms with Crippen molar-refractivity contribution in [1.82, 2.24) is 14.2 Å². The maximum absolute atomic E-state index is 13.5. The summed E-state index contributed by atoms with van der Waals surface area (Å²) in [4.78, 5) is 30.5. The lowest BCUT2D eigenvalue weighted by molar-refractivity contribution is -0.118. The predicted molar refractivity (Wildman–Crippen MR) is 171 cm³/mol. The van der Waals surface area contributed by atoms with Gasteiger partial charge in [0.2, 0.25) is 0 Å². The monoisotopic (exact) mass is 625 g/mol. The second-order valence-corrected chi connectivity index (χ2v) is 11.1. The van der Waals surface area contributed by atoms with Crippen molar-refractivity contribution in [1.29, 1.82) is 0 Å². The molecule has 3 aromatic carbocycles. The number of nitrogens with zero attached hydrogens (tertiary/aromatic N) is 4. The van der Waals surface area contributed by atoms with Gasteiger partial charge in [0.15, 0.2) is 6.61 Å². The standard InChI is InChI=1S/C33H32BrN5O3/c1-5-21(2)32-37-30-16-11-25(34)18-29(30)33(41)39(32)35-19-24-17-22(3)38(23(24)4)27-12-14-28(15-13-27)42-20-31(40)36-26-9-7-6-8-10-26/h6-19,21H,5,20H2,1-4H3,(H,36,40)/t21-/m0/s1. The molecule has 214 valence electrons. The molecule has 0 bridgehead atoms. The summed E-state index contributed by atoms with van der Waals surface area (Å²) in [6, 6.07) is 24.4.